The Morgan fingerprint density at radius 3 is 2.60 bits per heavy atom. The standard InChI is InChI=1S/C12H15FN2/c1-9-8-10(4-5-11(9)13)12(14)15-6-2-3-7-15/h4-5,8,14H,2-3,6-7H2,1H3. The van der Waals surface area contributed by atoms with Crippen molar-refractivity contribution in [3.8, 4) is 0 Å². The lowest BCUT2D eigenvalue weighted by atomic mass is 10.1. The van der Waals surface area contributed by atoms with Crippen LogP contribution in [0, 0.1) is 18.2 Å². The third-order valence-corrected chi connectivity index (χ3v) is 2.85. The number of halogens is 1. The number of aryl methyl sites for hydroxylation is 1. The van der Waals surface area contributed by atoms with Crippen molar-refractivity contribution in [1.29, 1.82) is 5.41 Å². The minimum Gasteiger partial charge on any atom is -0.357 e. The SMILES string of the molecule is Cc1cc(C(=N)N2CCCC2)ccc1F. The highest BCUT2D eigenvalue weighted by Gasteiger charge is 2.16. The Balaban J connectivity index is 2.21. The molecule has 2 nitrogen and oxygen atoms in total. The fourth-order valence-electron chi connectivity index (χ4n) is 1.92. The maximum absolute atomic E-state index is 13.1. The van der Waals surface area contributed by atoms with Gasteiger partial charge in [0.05, 0.1) is 0 Å². The van der Waals surface area contributed by atoms with E-state index in [0.29, 0.717) is 11.4 Å². The van der Waals surface area contributed by atoms with Gasteiger partial charge in [-0.1, -0.05) is 0 Å². The second kappa shape index (κ2) is 4.01. The van der Waals surface area contributed by atoms with Gasteiger partial charge in [-0.25, -0.2) is 4.39 Å². The molecule has 0 amide bonds. The van der Waals surface area contributed by atoms with Gasteiger partial charge in [0.15, 0.2) is 0 Å². The minimum atomic E-state index is -0.201. The molecule has 1 saturated heterocycles. The van der Waals surface area contributed by atoms with Gasteiger partial charge < -0.3 is 4.90 Å². The maximum atomic E-state index is 13.1. The number of amidine groups is 1. The van der Waals surface area contributed by atoms with Crippen LogP contribution in [0.2, 0.25) is 0 Å². The Hall–Kier alpha value is -1.38. The summed E-state index contributed by atoms with van der Waals surface area (Å²) in [7, 11) is 0. The van der Waals surface area contributed by atoms with Gasteiger partial charge in [-0.05, 0) is 43.5 Å². The maximum Gasteiger partial charge on any atom is 0.128 e. The second-order valence-electron chi connectivity index (χ2n) is 4.01. The number of rotatable bonds is 1. The van der Waals surface area contributed by atoms with Crippen molar-refractivity contribution in [2.24, 2.45) is 0 Å². The third kappa shape index (κ3) is 2.01. The second-order valence-corrected chi connectivity index (χ2v) is 4.01. The zero-order chi connectivity index (χ0) is 10.8. The molecule has 1 aromatic carbocycles. The topological polar surface area (TPSA) is 27.1 Å². The van der Waals surface area contributed by atoms with Crippen LogP contribution in [-0.4, -0.2) is 23.8 Å². The van der Waals surface area contributed by atoms with E-state index in [2.05, 4.69) is 0 Å². The summed E-state index contributed by atoms with van der Waals surface area (Å²) < 4.78 is 13.1. The van der Waals surface area contributed by atoms with Crippen molar-refractivity contribution in [1.82, 2.24) is 4.90 Å². The molecule has 1 aromatic rings. The molecule has 1 heterocycles. The highest BCUT2D eigenvalue weighted by Crippen LogP contribution is 2.15. The van der Waals surface area contributed by atoms with Crippen LogP contribution in [-0.2, 0) is 0 Å². The van der Waals surface area contributed by atoms with E-state index in [0.717, 1.165) is 31.5 Å². The Morgan fingerprint density at radius 2 is 2.00 bits per heavy atom. The van der Waals surface area contributed by atoms with Crippen molar-refractivity contribution in [3.05, 3.63) is 35.1 Å². The van der Waals surface area contributed by atoms with E-state index >= 15 is 0 Å². The number of likely N-dealkylation sites (tertiary alicyclic amines) is 1. The van der Waals surface area contributed by atoms with Crippen molar-refractivity contribution in [3.63, 3.8) is 0 Å². The van der Waals surface area contributed by atoms with Crippen LogP contribution < -0.4 is 0 Å². The zero-order valence-corrected chi connectivity index (χ0v) is 8.89. The van der Waals surface area contributed by atoms with Gasteiger partial charge in [-0.3, -0.25) is 5.41 Å². The summed E-state index contributed by atoms with van der Waals surface area (Å²) in [6.07, 6.45) is 2.31. The van der Waals surface area contributed by atoms with E-state index in [-0.39, 0.29) is 5.82 Å². The summed E-state index contributed by atoms with van der Waals surface area (Å²) in [6, 6.07) is 4.87. The normalized spacial score (nSPS) is 15.7. The van der Waals surface area contributed by atoms with E-state index in [4.69, 9.17) is 5.41 Å². The average Bonchev–Trinajstić information content (AvgIpc) is 2.74. The van der Waals surface area contributed by atoms with Gasteiger partial charge in [0.25, 0.3) is 0 Å². The van der Waals surface area contributed by atoms with Gasteiger partial charge in [-0.15, -0.1) is 0 Å². The molecule has 0 spiro atoms. The Bertz CT molecular complexity index is 381. The predicted octanol–water partition coefficient (Wildman–Crippen LogP) is 2.56. The van der Waals surface area contributed by atoms with Crippen LogP contribution in [0.4, 0.5) is 4.39 Å². The molecule has 1 aliphatic rings. The molecular formula is C12H15FN2. The summed E-state index contributed by atoms with van der Waals surface area (Å²) in [5.74, 6) is 0.323. The summed E-state index contributed by atoms with van der Waals surface area (Å²) in [5.41, 5.74) is 1.42. The molecule has 0 atom stereocenters. The van der Waals surface area contributed by atoms with Crippen LogP contribution in [0.25, 0.3) is 0 Å². The molecule has 0 saturated carbocycles. The third-order valence-electron chi connectivity index (χ3n) is 2.85. The average molecular weight is 206 g/mol. The molecule has 0 bridgehead atoms. The minimum absolute atomic E-state index is 0.201. The number of benzene rings is 1. The summed E-state index contributed by atoms with van der Waals surface area (Å²) in [6.45, 7) is 3.64. The van der Waals surface area contributed by atoms with Gasteiger partial charge in [0, 0.05) is 18.7 Å². The zero-order valence-electron chi connectivity index (χ0n) is 8.89. The van der Waals surface area contributed by atoms with Crippen molar-refractivity contribution in [2.75, 3.05) is 13.1 Å². The van der Waals surface area contributed by atoms with E-state index in [1.54, 1.807) is 19.1 Å². The first kappa shape index (κ1) is 10.1. The fraction of sp³-hybridized carbons (Fsp3) is 0.417. The van der Waals surface area contributed by atoms with E-state index < -0.39 is 0 Å². The molecule has 0 aromatic heterocycles. The highest BCUT2D eigenvalue weighted by atomic mass is 19.1. The molecule has 0 radical (unpaired) electrons. The molecule has 0 unspecified atom stereocenters. The predicted molar refractivity (Wildman–Crippen MR) is 58.8 cm³/mol. The van der Waals surface area contributed by atoms with Gasteiger partial charge in [0.2, 0.25) is 0 Å². The fourth-order valence-corrected chi connectivity index (χ4v) is 1.92. The summed E-state index contributed by atoms with van der Waals surface area (Å²) >= 11 is 0. The van der Waals surface area contributed by atoms with Gasteiger partial charge >= 0.3 is 0 Å². The monoisotopic (exact) mass is 206 g/mol. The van der Waals surface area contributed by atoms with E-state index in [1.807, 2.05) is 4.90 Å². The number of nitrogens with one attached hydrogen (secondary N) is 1. The van der Waals surface area contributed by atoms with Crippen molar-refractivity contribution >= 4 is 5.84 Å². The van der Waals surface area contributed by atoms with Crippen LogP contribution in [0.5, 0.6) is 0 Å². The van der Waals surface area contributed by atoms with Crippen molar-refractivity contribution in [2.45, 2.75) is 19.8 Å². The molecule has 3 heteroatoms. The Kier molecular flexibility index (Phi) is 2.71. The summed E-state index contributed by atoms with van der Waals surface area (Å²) in [5, 5.41) is 8.00. The lowest BCUT2D eigenvalue weighted by Crippen LogP contribution is -2.27. The largest absolute Gasteiger partial charge is 0.357 e. The highest BCUT2D eigenvalue weighted by molar-refractivity contribution is 5.96. The number of hydrogen-bond donors (Lipinski definition) is 1. The molecule has 1 fully saturated rings. The first-order valence-electron chi connectivity index (χ1n) is 5.28. The molecule has 1 aliphatic heterocycles. The molecule has 2 rings (SSSR count). The van der Waals surface area contributed by atoms with Crippen molar-refractivity contribution < 1.29 is 4.39 Å². The van der Waals surface area contributed by atoms with E-state index in [9.17, 15) is 4.39 Å². The van der Waals surface area contributed by atoms with Crippen LogP contribution in [0.3, 0.4) is 0 Å². The molecule has 15 heavy (non-hydrogen) atoms. The quantitative estimate of drug-likeness (QED) is 0.555. The van der Waals surface area contributed by atoms with Crippen LogP contribution in [0.15, 0.2) is 18.2 Å². The van der Waals surface area contributed by atoms with Crippen LogP contribution >= 0.6 is 0 Å². The van der Waals surface area contributed by atoms with Gasteiger partial charge in [0.1, 0.15) is 11.7 Å². The lowest BCUT2D eigenvalue weighted by molar-refractivity contribution is 0.517. The van der Waals surface area contributed by atoms with Gasteiger partial charge in [-0.2, -0.15) is 0 Å². The molecular weight excluding hydrogens is 191 g/mol. The Labute approximate surface area is 89.2 Å². The molecule has 80 valence electrons. The number of hydrogen-bond acceptors (Lipinski definition) is 1. The molecule has 1 N–H and O–H groups in total. The first-order valence-corrected chi connectivity index (χ1v) is 5.28. The number of nitrogens with zero attached hydrogens (tertiary/aromatic N) is 1. The molecule has 0 aliphatic carbocycles. The summed E-state index contributed by atoms with van der Waals surface area (Å²) in [4.78, 5) is 2.05. The van der Waals surface area contributed by atoms with Crippen LogP contribution in [0.1, 0.15) is 24.0 Å². The lowest BCUT2D eigenvalue weighted by Gasteiger charge is -2.18. The van der Waals surface area contributed by atoms with E-state index in [1.165, 1.54) is 6.07 Å². The first-order chi connectivity index (χ1) is 7.18. The smallest absolute Gasteiger partial charge is 0.128 e. The Morgan fingerprint density at radius 1 is 1.33 bits per heavy atom.